The molecular formula is C10H10BrNOS. The molecule has 0 amide bonds. The van der Waals surface area contributed by atoms with Gasteiger partial charge in [0.05, 0.1) is 6.26 Å². The van der Waals surface area contributed by atoms with Crippen LogP contribution in [0.3, 0.4) is 0 Å². The lowest BCUT2D eigenvalue weighted by Crippen LogP contribution is -2.16. The summed E-state index contributed by atoms with van der Waals surface area (Å²) in [4.78, 5) is 1.24. The number of furan rings is 1. The molecule has 0 saturated heterocycles. The molecule has 2 aromatic heterocycles. The smallest absolute Gasteiger partial charge is 0.126 e. The first-order valence-corrected chi connectivity index (χ1v) is 5.93. The summed E-state index contributed by atoms with van der Waals surface area (Å²) >= 11 is 5.23. The van der Waals surface area contributed by atoms with Crippen molar-refractivity contribution in [3.05, 3.63) is 45.0 Å². The zero-order valence-electron chi connectivity index (χ0n) is 7.66. The van der Waals surface area contributed by atoms with Gasteiger partial charge in [-0.3, -0.25) is 0 Å². The van der Waals surface area contributed by atoms with Gasteiger partial charge in [0.15, 0.2) is 0 Å². The standard InChI is InChI=1S/C10H10BrNOS/c1-12-9(8-3-2-5-13-8)10-7(11)4-6-14-10/h2-6,9,12H,1H3. The molecule has 2 heterocycles. The highest BCUT2D eigenvalue weighted by Crippen LogP contribution is 2.32. The predicted octanol–water partition coefficient (Wildman–Crippen LogP) is 3.41. The van der Waals surface area contributed by atoms with Crippen LogP contribution in [0.5, 0.6) is 0 Å². The molecule has 2 rings (SSSR count). The zero-order chi connectivity index (χ0) is 9.97. The minimum atomic E-state index is 0.138. The maximum atomic E-state index is 5.39. The van der Waals surface area contributed by atoms with Gasteiger partial charge in [0, 0.05) is 9.35 Å². The molecule has 0 aliphatic heterocycles. The Morgan fingerprint density at radius 1 is 1.50 bits per heavy atom. The summed E-state index contributed by atoms with van der Waals surface area (Å²) in [6, 6.07) is 6.07. The molecule has 2 aromatic rings. The molecule has 0 aliphatic carbocycles. The Morgan fingerprint density at radius 2 is 2.36 bits per heavy atom. The zero-order valence-corrected chi connectivity index (χ0v) is 10.1. The number of halogens is 1. The van der Waals surface area contributed by atoms with E-state index in [9.17, 15) is 0 Å². The van der Waals surface area contributed by atoms with Crippen LogP contribution < -0.4 is 5.32 Å². The minimum Gasteiger partial charge on any atom is -0.467 e. The van der Waals surface area contributed by atoms with Gasteiger partial charge in [0.1, 0.15) is 11.8 Å². The number of nitrogens with one attached hydrogen (secondary N) is 1. The Labute approximate surface area is 95.1 Å². The van der Waals surface area contributed by atoms with Gasteiger partial charge in [-0.15, -0.1) is 11.3 Å². The van der Waals surface area contributed by atoms with Crippen molar-refractivity contribution in [2.45, 2.75) is 6.04 Å². The first-order valence-electron chi connectivity index (χ1n) is 4.26. The quantitative estimate of drug-likeness (QED) is 0.926. The van der Waals surface area contributed by atoms with Crippen LogP contribution in [0.15, 0.2) is 38.7 Å². The molecule has 1 N–H and O–H groups in total. The van der Waals surface area contributed by atoms with Crippen molar-refractivity contribution in [2.75, 3.05) is 7.05 Å². The molecule has 4 heteroatoms. The van der Waals surface area contributed by atoms with Crippen LogP contribution in [0.2, 0.25) is 0 Å². The van der Waals surface area contributed by atoms with Crippen molar-refractivity contribution in [3.8, 4) is 0 Å². The molecule has 14 heavy (non-hydrogen) atoms. The van der Waals surface area contributed by atoms with E-state index in [1.165, 1.54) is 4.88 Å². The third kappa shape index (κ3) is 1.78. The highest BCUT2D eigenvalue weighted by Gasteiger charge is 2.18. The lowest BCUT2D eigenvalue weighted by Gasteiger charge is -2.12. The number of rotatable bonds is 3. The van der Waals surface area contributed by atoms with Gasteiger partial charge >= 0.3 is 0 Å². The van der Waals surface area contributed by atoms with Crippen LogP contribution in [0, 0.1) is 0 Å². The number of hydrogen-bond acceptors (Lipinski definition) is 3. The summed E-state index contributed by atoms with van der Waals surface area (Å²) in [5.41, 5.74) is 0. The van der Waals surface area contributed by atoms with Gasteiger partial charge in [-0.2, -0.15) is 0 Å². The molecule has 0 fully saturated rings. The summed E-state index contributed by atoms with van der Waals surface area (Å²) < 4.78 is 6.51. The van der Waals surface area contributed by atoms with E-state index < -0.39 is 0 Å². The van der Waals surface area contributed by atoms with Crippen LogP contribution in [0.25, 0.3) is 0 Å². The van der Waals surface area contributed by atoms with E-state index >= 15 is 0 Å². The average Bonchev–Trinajstić information content (AvgIpc) is 2.80. The number of thiophene rings is 1. The summed E-state index contributed by atoms with van der Waals surface area (Å²) in [7, 11) is 1.93. The highest BCUT2D eigenvalue weighted by molar-refractivity contribution is 9.10. The molecule has 0 radical (unpaired) electrons. The lowest BCUT2D eigenvalue weighted by atomic mass is 10.2. The average molecular weight is 272 g/mol. The Balaban J connectivity index is 2.36. The maximum absolute atomic E-state index is 5.39. The summed E-state index contributed by atoms with van der Waals surface area (Å²) in [6.07, 6.45) is 1.70. The van der Waals surface area contributed by atoms with E-state index in [2.05, 4.69) is 26.6 Å². The summed E-state index contributed by atoms with van der Waals surface area (Å²) in [5.74, 6) is 0.940. The van der Waals surface area contributed by atoms with Crippen LogP contribution in [-0.4, -0.2) is 7.05 Å². The summed E-state index contributed by atoms with van der Waals surface area (Å²) in [5, 5.41) is 5.30. The molecule has 2 nitrogen and oxygen atoms in total. The molecule has 1 atom stereocenters. The van der Waals surface area contributed by atoms with Crippen LogP contribution in [0.1, 0.15) is 16.7 Å². The van der Waals surface area contributed by atoms with Gasteiger partial charge in [-0.1, -0.05) is 0 Å². The fraction of sp³-hybridized carbons (Fsp3) is 0.200. The number of hydrogen-bond donors (Lipinski definition) is 1. The SMILES string of the molecule is CNC(c1ccco1)c1sccc1Br. The molecular weight excluding hydrogens is 262 g/mol. The van der Waals surface area contributed by atoms with E-state index in [4.69, 9.17) is 4.42 Å². The van der Waals surface area contributed by atoms with Crippen molar-refractivity contribution in [3.63, 3.8) is 0 Å². The fourth-order valence-corrected chi connectivity index (χ4v) is 3.09. The molecule has 0 aromatic carbocycles. The van der Waals surface area contributed by atoms with Crippen LogP contribution >= 0.6 is 27.3 Å². The van der Waals surface area contributed by atoms with Gasteiger partial charge < -0.3 is 9.73 Å². The molecule has 74 valence electrons. The second-order valence-corrected chi connectivity index (χ2v) is 4.67. The minimum absolute atomic E-state index is 0.138. The van der Waals surface area contributed by atoms with Gasteiger partial charge in [0.25, 0.3) is 0 Å². The third-order valence-corrected chi connectivity index (χ3v) is 3.96. The second kappa shape index (κ2) is 4.29. The van der Waals surface area contributed by atoms with E-state index in [0.717, 1.165) is 10.2 Å². The Kier molecular flexibility index (Phi) is 3.05. The van der Waals surface area contributed by atoms with Crippen LogP contribution in [0.4, 0.5) is 0 Å². The van der Waals surface area contributed by atoms with E-state index in [0.29, 0.717) is 0 Å². The van der Waals surface area contributed by atoms with Gasteiger partial charge in [0.2, 0.25) is 0 Å². The normalized spacial score (nSPS) is 13.0. The largest absolute Gasteiger partial charge is 0.467 e. The van der Waals surface area contributed by atoms with Crippen LogP contribution in [-0.2, 0) is 0 Å². The molecule has 0 spiro atoms. The molecule has 0 saturated carbocycles. The Morgan fingerprint density at radius 3 is 2.86 bits per heavy atom. The lowest BCUT2D eigenvalue weighted by molar-refractivity contribution is 0.466. The van der Waals surface area contributed by atoms with Crippen molar-refractivity contribution < 1.29 is 4.42 Å². The molecule has 1 unspecified atom stereocenters. The van der Waals surface area contributed by atoms with Crippen molar-refractivity contribution in [2.24, 2.45) is 0 Å². The van der Waals surface area contributed by atoms with Crippen molar-refractivity contribution in [1.82, 2.24) is 5.32 Å². The monoisotopic (exact) mass is 271 g/mol. The Hall–Kier alpha value is -0.580. The fourth-order valence-electron chi connectivity index (χ4n) is 1.37. The van der Waals surface area contributed by atoms with Gasteiger partial charge in [-0.25, -0.2) is 0 Å². The maximum Gasteiger partial charge on any atom is 0.126 e. The molecule has 0 bridgehead atoms. The predicted molar refractivity (Wildman–Crippen MR) is 61.6 cm³/mol. The highest BCUT2D eigenvalue weighted by atomic mass is 79.9. The molecule has 0 aliphatic rings. The van der Waals surface area contributed by atoms with E-state index in [1.807, 2.05) is 25.2 Å². The second-order valence-electron chi connectivity index (χ2n) is 2.87. The first-order chi connectivity index (χ1) is 6.83. The van der Waals surface area contributed by atoms with Gasteiger partial charge in [-0.05, 0) is 46.6 Å². The Bertz CT molecular complexity index is 396. The van der Waals surface area contributed by atoms with Crippen molar-refractivity contribution in [1.29, 1.82) is 0 Å². The summed E-state index contributed by atoms with van der Waals surface area (Å²) in [6.45, 7) is 0. The van der Waals surface area contributed by atoms with E-state index in [1.54, 1.807) is 17.6 Å². The van der Waals surface area contributed by atoms with E-state index in [-0.39, 0.29) is 6.04 Å². The first kappa shape index (κ1) is 9.96. The third-order valence-electron chi connectivity index (χ3n) is 2.02. The van der Waals surface area contributed by atoms with Crippen molar-refractivity contribution >= 4 is 27.3 Å². The topological polar surface area (TPSA) is 25.2 Å².